The molecule has 0 radical (unpaired) electrons. The van der Waals surface area contributed by atoms with Gasteiger partial charge in [0, 0.05) is 24.8 Å². The minimum atomic E-state index is -3.67. The molecule has 1 saturated heterocycles. The lowest BCUT2D eigenvalue weighted by Gasteiger charge is -2.30. The van der Waals surface area contributed by atoms with Crippen LogP contribution in [0.2, 0.25) is 0 Å². The molecule has 3 heterocycles. The van der Waals surface area contributed by atoms with Gasteiger partial charge in [-0.1, -0.05) is 24.3 Å². The van der Waals surface area contributed by atoms with Crippen LogP contribution in [0.15, 0.2) is 41.4 Å². The normalized spacial score (nSPS) is 15.5. The second-order valence-corrected chi connectivity index (χ2v) is 11.5. The number of carbonyl (C=O) groups is 1. The van der Waals surface area contributed by atoms with E-state index in [2.05, 4.69) is 22.2 Å². The maximum atomic E-state index is 13.4. The molecule has 1 aromatic carbocycles. The van der Waals surface area contributed by atoms with E-state index in [9.17, 15) is 13.2 Å². The number of carbonyl (C=O) groups excluding carboxylic acids is 1. The number of hydrogen-bond donors (Lipinski definition) is 1. The van der Waals surface area contributed by atoms with Gasteiger partial charge in [-0.15, -0.1) is 0 Å². The maximum absolute atomic E-state index is 13.4. The van der Waals surface area contributed by atoms with E-state index in [1.807, 2.05) is 32.0 Å². The molecule has 1 aliphatic heterocycles. The molecule has 174 valence electrons. The number of sulfonamides is 1. The molecule has 33 heavy (non-hydrogen) atoms. The Morgan fingerprint density at radius 2 is 1.88 bits per heavy atom. The van der Waals surface area contributed by atoms with E-state index in [1.54, 1.807) is 23.5 Å². The van der Waals surface area contributed by atoms with Crippen LogP contribution in [0.4, 0.5) is 5.13 Å². The molecule has 0 saturated carbocycles. The Morgan fingerprint density at radius 1 is 1.15 bits per heavy atom. The van der Waals surface area contributed by atoms with Crippen LogP contribution >= 0.6 is 11.3 Å². The van der Waals surface area contributed by atoms with Crippen molar-refractivity contribution in [1.29, 1.82) is 0 Å². The number of anilines is 1. The average molecular weight is 485 g/mol. The van der Waals surface area contributed by atoms with Gasteiger partial charge in [-0.05, 0) is 74.9 Å². The highest BCUT2D eigenvalue weighted by Gasteiger charge is 2.30. The molecule has 0 aliphatic carbocycles. The molecule has 0 bridgehead atoms. The first-order valence-corrected chi connectivity index (χ1v) is 13.2. The number of aryl methyl sites for hydroxylation is 2. The van der Waals surface area contributed by atoms with Crippen molar-refractivity contribution < 1.29 is 13.2 Å². The van der Waals surface area contributed by atoms with E-state index in [-0.39, 0.29) is 10.8 Å². The Kier molecular flexibility index (Phi) is 6.65. The van der Waals surface area contributed by atoms with Gasteiger partial charge in [0.25, 0.3) is 5.91 Å². The third kappa shape index (κ3) is 4.85. The summed E-state index contributed by atoms with van der Waals surface area (Å²) in [4.78, 5) is 23.0. The van der Waals surface area contributed by atoms with E-state index in [0.29, 0.717) is 35.3 Å². The molecule has 0 unspecified atom stereocenters. The van der Waals surface area contributed by atoms with E-state index in [4.69, 9.17) is 0 Å². The predicted molar refractivity (Wildman–Crippen MR) is 131 cm³/mol. The number of nitrogens with zero attached hydrogens (tertiary/aromatic N) is 3. The maximum Gasteiger partial charge on any atom is 0.257 e. The van der Waals surface area contributed by atoms with Crippen LogP contribution in [-0.2, 0) is 10.0 Å². The standard InChI is InChI=1S/C24H28N4O3S2/c1-15-8-11-28(12-9-15)33(30,31)21-14-19(13-16(2)17(21)3)23(29)27-24-26-18(4)22(32-24)20-7-5-6-10-25-20/h5-7,10,13-15H,8-9,11-12H2,1-4H3,(H,26,27,29). The van der Waals surface area contributed by atoms with Crippen LogP contribution in [0.5, 0.6) is 0 Å². The van der Waals surface area contributed by atoms with E-state index < -0.39 is 10.0 Å². The van der Waals surface area contributed by atoms with Gasteiger partial charge in [0.2, 0.25) is 10.0 Å². The van der Waals surface area contributed by atoms with Gasteiger partial charge in [0.05, 0.1) is 21.2 Å². The molecule has 1 fully saturated rings. The zero-order chi connectivity index (χ0) is 23.8. The lowest BCUT2D eigenvalue weighted by atomic mass is 10.0. The molecule has 1 aliphatic rings. The minimum absolute atomic E-state index is 0.201. The molecule has 0 atom stereocenters. The van der Waals surface area contributed by atoms with Gasteiger partial charge in [-0.2, -0.15) is 4.31 Å². The van der Waals surface area contributed by atoms with Gasteiger partial charge >= 0.3 is 0 Å². The quantitative estimate of drug-likeness (QED) is 0.561. The van der Waals surface area contributed by atoms with E-state index >= 15 is 0 Å². The SMILES string of the molecule is Cc1cc(C(=O)Nc2nc(C)c(-c3ccccn3)s2)cc(S(=O)(=O)N2CCC(C)CC2)c1C. The number of piperidine rings is 1. The Labute approximate surface area is 199 Å². The number of benzene rings is 1. The summed E-state index contributed by atoms with van der Waals surface area (Å²) < 4.78 is 28.3. The third-order valence-corrected chi connectivity index (χ3v) is 9.28. The Morgan fingerprint density at radius 3 is 2.55 bits per heavy atom. The molecule has 9 heteroatoms. The van der Waals surface area contributed by atoms with E-state index in [0.717, 1.165) is 34.7 Å². The lowest BCUT2D eigenvalue weighted by molar-refractivity contribution is 0.102. The fourth-order valence-electron chi connectivity index (χ4n) is 3.94. The smallest absolute Gasteiger partial charge is 0.257 e. The van der Waals surface area contributed by atoms with Crippen LogP contribution < -0.4 is 5.32 Å². The summed E-state index contributed by atoms with van der Waals surface area (Å²) in [6.07, 6.45) is 3.41. The van der Waals surface area contributed by atoms with Crippen molar-refractivity contribution in [3.8, 4) is 10.6 Å². The first kappa shape index (κ1) is 23.5. The van der Waals surface area contributed by atoms with Gasteiger partial charge in [0.1, 0.15) is 0 Å². The van der Waals surface area contributed by atoms with Gasteiger partial charge in [-0.25, -0.2) is 13.4 Å². The third-order valence-electron chi connectivity index (χ3n) is 6.16. The number of rotatable bonds is 5. The summed E-state index contributed by atoms with van der Waals surface area (Å²) in [7, 11) is -3.67. The van der Waals surface area contributed by atoms with Gasteiger partial charge in [0.15, 0.2) is 5.13 Å². The number of hydrogen-bond acceptors (Lipinski definition) is 6. The zero-order valence-electron chi connectivity index (χ0n) is 19.3. The number of aromatic nitrogens is 2. The summed E-state index contributed by atoms with van der Waals surface area (Å²) >= 11 is 1.34. The topological polar surface area (TPSA) is 92.3 Å². The first-order chi connectivity index (χ1) is 15.7. The fraction of sp³-hybridized carbons (Fsp3) is 0.375. The van der Waals surface area contributed by atoms with Crippen molar-refractivity contribution >= 4 is 32.4 Å². The summed E-state index contributed by atoms with van der Waals surface area (Å²) in [5, 5.41) is 3.28. The van der Waals surface area contributed by atoms with Crippen molar-refractivity contribution in [3.63, 3.8) is 0 Å². The average Bonchev–Trinajstić information content (AvgIpc) is 3.16. The second kappa shape index (κ2) is 9.32. The second-order valence-electron chi connectivity index (χ2n) is 8.61. The molecular formula is C24H28N4O3S2. The van der Waals surface area contributed by atoms with Crippen molar-refractivity contribution in [1.82, 2.24) is 14.3 Å². The van der Waals surface area contributed by atoms with Crippen LogP contribution in [0, 0.1) is 26.7 Å². The van der Waals surface area contributed by atoms with Crippen molar-refractivity contribution in [2.75, 3.05) is 18.4 Å². The van der Waals surface area contributed by atoms with Crippen LogP contribution in [0.3, 0.4) is 0 Å². The number of amides is 1. The molecule has 1 amide bonds. The van der Waals surface area contributed by atoms with Gasteiger partial charge < -0.3 is 0 Å². The largest absolute Gasteiger partial charge is 0.298 e. The van der Waals surface area contributed by atoms with Gasteiger partial charge in [-0.3, -0.25) is 15.1 Å². The summed E-state index contributed by atoms with van der Waals surface area (Å²) in [6.45, 7) is 8.65. The first-order valence-electron chi connectivity index (χ1n) is 11.0. The highest BCUT2D eigenvalue weighted by molar-refractivity contribution is 7.89. The minimum Gasteiger partial charge on any atom is -0.298 e. The molecule has 3 aromatic rings. The predicted octanol–water partition coefficient (Wildman–Crippen LogP) is 4.80. The number of pyridine rings is 1. The molecule has 2 aromatic heterocycles. The molecular weight excluding hydrogens is 456 g/mol. The number of nitrogens with one attached hydrogen (secondary N) is 1. The summed E-state index contributed by atoms with van der Waals surface area (Å²) in [5.74, 6) is 0.136. The van der Waals surface area contributed by atoms with Crippen LogP contribution in [0.25, 0.3) is 10.6 Å². The Bertz CT molecular complexity index is 1280. The highest BCUT2D eigenvalue weighted by atomic mass is 32.2. The molecule has 4 rings (SSSR count). The summed E-state index contributed by atoms with van der Waals surface area (Å²) in [6, 6.07) is 8.86. The van der Waals surface area contributed by atoms with Crippen LogP contribution in [0.1, 0.15) is 46.9 Å². The summed E-state index contributed by atoms with van der Waals surface area (Å²) in [5.41, 5.74) is 3.30. The monoisotopic (exact) mass is 484 g/mol. The van der Waals surface area contributed by atoms with Crippen LogP contribution in [-0.4, -0.2) is 41.7 Å². The molecule has 1 N–H and O–H groups in total. The van der Waals surface area contributed by atoms with E-state index in [1.165, 1.54) is 17.4 Å². The highest BCUT2D eigenvalue weighted by Crippen LogP contribution is 2.32. The molecule has 7 nitrogen and oxygen atoms in total. The zero-order valence-corrected chi connectivity index (χ0v) is 20.9. The van der Waals surface area contributed by atoms with Crippen molar-refractivity contribution in [2.24, 2.45) is 5.92 Å². The Balaban J connectivity index is 1.61. The lowest BCUT2D eigenvalue weighted by Crippen LogP contribution is -2.38. The molecule has 0 spiro atoms. The Hall–Kier alpha value is -2.62. The van der Waals surface area contributed by atoms with Crippen molar-refractivity contribution in [2.45, 2.75) is 45.4 Å². The van der Waals surface area contributed by atoms with Crippen molar-refractivity contribution in [3.05, 3.63) is 58.9 Å². The fourth-order valence-corrected chi connectivity index (χ4v) is 6.68. The number of thiazole rings is 1.